The highest BCUT2D eigenvalue weighted by atomic mass is 19.1. The smallest absolute Gasteiger partial charge is 0.178 e. The molecule has 200 valence electrons. The fourth-order valence-electron chi connectivity index (χ4n) is 6.05. The van der Waals surface area contributed by atoms with E-state index >= 15 is 4.39 Å². The standard InChI is InChI=1S/C30H35F2N5O/c1-19(2)37-10-11-38-30-25(31)14-22(15-27(30)37)29-26(32)16-33-28(34-29)13-20-4-5-21-17-36(18-23(21)12-20)24-6-8-35(3)9-7-24/h4-5,12,14-16,19,24H,6-11,13,17-18H2,1-3H3. The van der Waals surface area contributed by atoms with Crippen molar-refractivity contribution in [3.05, 3.63) is 70.7 Å². The molecule has 38 heavy (non-hydrogen) atoms. The lowest BCUT2D eigenvalue weighted by Gasteiger charge is -2.34. The zero-order valence-electron chi connectivity index (χ0n) is 22.4. The predicted molar refractivity (Wildman–Crippen MR) is 144 cm³/mol. The zero-order valence-corrected chi connectivity index (χ0v) is 22.4. The van der Waals surface area contributed by atoms with Gasteiger partial charge >= 0.3 is 0 Å². The van der Waals surface area contributed by atoms with Crippen LogP contribution >= 0.6 is 0 Å². The lowest BCUT2D eigenvalue weighted by molar-refractivity contribution is 0.120. The van der Waals surface area contributed by atoms with Crippen LogP contribution in [0.4, 0.5) is 14.5 Å². The maximum Gasteiger partial charge on any atom is 0.178 e. The van der Waals surface area contributed by atoms with Crippen LogP contribution in [0.1, 0.15) is 49.2 Å². The Hall–Kier alpha value is -3.10. The number of aromatic nitrogens is 2. The quantitative estimate of drug-likeness (QED) is 0.471. The topological polar surface area (TPSA) is 44.7 Å². The third-order valence-electron chi connectivity index (χ3n) is 8.19. The van der Waals surface area contributed by atoms with Crippen LogP contribution in [0.25, 0.3) is 11.3 Å². The molecule has 0 saturated carbocycles. The first-order valence-electron chi connectivity index (χ1n) is 13.6. The number of nitrogens with zero attached hydrogens (tertiary/aromatic N) is 5. The Morgan fingerprint density at radius 3 is 2.58 bits per heavy atom. The molecule has 6 nitrogen and oxygen atoms in total. The summed E-state index contributed by atoms with van der Waals surface area (Å²) < 4.78 is 35.6. The summed E-state index contributed by atoms with van der Waals surface area (Å²) >= 11 is 0. The SMILES string of the molecule is CC(C)N1CCOc2c(F)cc(-c3nc(Cc4ccc5c(c4)CN(C4CCN(C)CC4)C5)ncc3F)cc21. The van der Waals surface area contributed by atoms with Crippen LogP contribution in [0.5, 0.6) is 5.75 Å². The summed E-state index contributed by atoms with van der Waals surface area (Å²) in [6.07, 6.45) is 4.12. The van der Waals surface area contributed by atoms with Crippen LogP contribution < -0.4 is 9.64 Å². The Morgan fingerprint density at radius 1 is 1.00 bits per heavy atom. The van der Waals surface area contributed by atoms with Gasteiger partial charge in [-0.1, -0.05) is 18.2 Å². The minimum atomic E-state index is -0.566. The van der Waals surface area contributed by atoms with Crippen molar-refractivity contribution in [3.63, 3.8) is 0 Å². The number of fused-ring (bicyclic) bond motifs is 2. The van der Waals surface area contributed by atoms with Crippen LogP contribution in [0, 0.1) is 11.6 Å². The normalized spacial score (nSPS) is 18.5. The van der Waals surface area contributed by atoms with Crippen LogP contribution in [-0.4, -0.2) is 65.1 Å². The highest BCUT2D eigenvalue weighted by Gasteiger charge is 2.29. The van der Waals surface area contributed by atoms with Gasteiger partial charge in [-0.2, -0.15) is 0 Å². The number of ether oxygens (including phenoxy) is 1. The molecule has 0 N–H and O–H groups in total. The van der Waals surface area contributed by atoms with E-state index in [1.807, 2.05) is 13.8 Å². The molecule has 2 aromatic carbocycles. The lowest BCUT2D eigenvalue weighted by atomic mass is 10.0. The average Bonchev–Trinajstić information content (AvgIpc) is 3.33. The number of hydrogen-bond acceptors (Lipinski definition) is 6. The van der Waals surface area contributed by atoms with Crippen molar-refractivity contribution in [3.8, 4) is 17.0 Å². The van der Waals surface area contributed by atoms with Crippen LogP contribution in [0.3, 0.4) is 0 Å². The zero-order chi connectivity index (χ0) is 26.4. The number of halogens is 2. The van der Waals surface area contributed by atoms with Crippen molar-refractivity contribution in [1.29, 1.82) is 0 Å². The summed E-state index contributed by atoms with van der Waals surface area (Å²) in [6, 6.07) is 10.5. The van der Waals surface area contributed by atoms with E-state index in [9.17, 15) is 4.39 Å². The summed E-state index contributed by atoms with van der Waals surface area (Å²) in [6.45, 7) is 9.45. The van der Waals surface area contributed by atoms with Crippen LogP contribution in [0.15, 0.2) is 36.5 Å². The summed E-state index contributed by atoms with van der Waals surface area (Å²) in [5.74, 6) is -0.337. The second-order valence-corrected chi connectivity index (χ2v) is 11.1. The predicted octanol–water partition coefficient (Wildman–Crippen LogP) is 5.03. The molecule has 4 heterocycles. The minimum absolute atomic E-state index is 0.112. The monoisotopic (exact) mass is 519 g/mol. The van der Waals surface area contributed by atoms with E-state index in [4.69, 9.17) is 4.74 Å². The molecule has 0 bridgehead atoms. The van der Waals surface area contributed by atoms with E-state index < -0.39 is 11.6 Å². The fourth-order valence-corrected chi connectivity index (χ4v) is 6.05. The summed E-state index contributed by atoms with van der Waals surface area (Å²) in [4.78, 5) is 15.9. The largest absolute Gasteiger partial charge is 0.486 e. The van der Waals surface area contributed by atoms with Crippen molar-refractivity contribution >= 4 is 5.69 Å². The third-order valence-corrected chi connectivity index (χ3v) is 8.19. The van der Waals surface area contributed by atoms with Gasteiger partial charge in [-0.25, -0.2) is 18.7 Å². The van der Waals surface area contributed by atoms with Crippen LogP contribution in [-0.2, 0) is 19.5 Å². The average molecular weight is 520 g/mol. The van der Waals surface area contributed by atoms with E-state index in [0.717, 1.165) is 31.7 Å². The summed E-state index contributed by atoms with van der Waals surface area (Å²) in [5, 5.41) is 0. The van der Waals surface area contributed by atoms with Gasteiger partial charge < -0.3 is 14.5 Å². The first kappa shape index (κ1) is 25.2. The second kappa shape index (κ2) is 10.2. The molecular formula is C30H35F2N5O. The van der Waals surface area contributed by atoms with Gasteiger partial charge in [0, 0.05) is 37.2 Å². The molecule has 0 spiro atoms. The van der Waals surface area contributed by atoms with E-state index in [-0.39, 0.29) is 17.5 Å². The van der Waals surface area contributed by atoms with Crippen molar-refractivity contribution in [2.45, 2.75) is 58.3 Å². The van der Waals surface area contributed by atoms with Gasteiger partial charge in [0.05, 0.1) is 18.4 Å². The van der Waals surface area contributed by atoms with Gasteiger partial charge in [-0.15, -0.1) is 0 Å². The molecular weight excluding hydrogens is 484 g/mol. The van der Waals surface area contributed by atoms with Crippen LogP contribution in [0.2, 0.25) is 0 Å². The highest BCUT2D eigenvalue weighted by Crippen LogP contribution is 2.39. The minimum Gasteiger partial charge on any atom is -0.486 e. The Balaban J connectivity index is 1.23. The molecule has 3 aliphatic heterocycles. The van der Waals surface area contributed by atoms with Gasteiger partial charge in [0.25, 0.3) is 0 Å². The van der Waals surface area contributed by atoms with E-state index in [1.165, 1.54) is 36.2 Å². The Bertz CT molecular complexity index is 1340. The highest BCUT2D eigenvalue weighted by molar-refractivity contribution is 5.72. The summed E-state index contributed by atoms with van der Waals surface area (Å²) in [5.41, 5.74) is 4.97. The number of piperidine rings is 1. The second-order valence-electron chi connectivity index (χ2n) is 11.1. The van der Waals surface area contributed by atoms with Gasteiger partial charge in [0.1, 0.15) is 18.1 Å². The first-order chi connectivity index (χ1) is 18.4. The number of hydrogen-bond donors (Lipinski definition) is 0. The molecule has 1 fully saturated rings. The molecule has 3 aromatic rings. The summed E-state index contributed by atoms with van der Waals surface area (Å²) in [7, 11) is 2.20. The molecule has 8 heteroatoms. The van der Waals surface area contributed by atoms with E-state index in [2.05, 4.69) is 49.9 Å². The van der Waals surface area contributed by atoms with Crippen molar-refractivity contribution in [2.75, 3.05) is 38.2 Å². The van der Waals surface area contributed by atoms with Gasteiger partial charge in [-0.05, 0) is 75.6 Å². The molecule has 0 radical (unpaired) electrons. The molecule has 3 aliphatic rings. The van der Waals surface area contributed by atoms with Crippen molar-refractivity contribution in [2.24, 2.45) is 0 Å². The van der Waals surface area contributed by atoms with Gasteiger partial charge in [-0.3, -0.25) is 4.90 Å². The third kappa shape index (κ3) is 4.87. The lowest BCUT2D eigenvalue weighted by Crippen LogP contribution is -2.41. The molecule has 1 aromatic heterocycles. The molecule has 0 unspecified atom stereocenters. The van der Waals surface area contributed by atoms with E-state index in [1.54, 1.807) is 6.07 Å². The number of benzene rings is 2. The number of likely N-dealkylation sites (tertiary alicyclic amines) is 1. The Labute approximate surface area is 223 Å². The van der Waals surface area contributed by atoms with Gasteiger partial charge in [0.15, 0.2) is 17.4 Å². The Kier molecular flexibility index (Phi) is 6.78. The molecule has 0 aliphatic carbocycles. The van der Waals surface area contributed by atoms with Crippen molar-refractivity contribution < 1.29 is 13.5 Å². The molecule has 6 rings (SSSR count). The van der Waals surface area contributed by atoms with E-state index in [0.29, 0.717) is 42.7 Å². The molecule has 1 saturated heterocycles. The first-order valence-corrected chi connectivity index (χ1v) is 13.6. The Morgan fingerprint density at radius 2 is 1.79 bits per heavy atom. The molecule has 0 atom stereocenters. The molecule has 0 amide bonds. The number of anilines is 1. The fraction of sp³-hybridized carbons (Fsp3) is 0.467. The maximum atomic E-state index is 15.0. The number of rotatable bonds is 5. The maximum absolute atomic E-state index is 15.0. The van der Waals surface area contributed by atoms with Gasteiger partial charge in [0.2, 0.25) is 0 Å². The van der Waals surface area contributed by atoms with Crippen molar-refractivity contribution in [1.82, 2.24) is 19.8 Å².